The van der Waals surface area contributed by atoms with Gasteiger partial charge >= 0.3 is 0 Å². The molecule has 11 heavy (non-hydrogen) atoms. The molecule has 1 aromatic rings. The predicted molar refractivity (Wildman–Crippen MR) is 44.3 cm³/mol. The van der Waals surface area contributed by atoms with Crippen LogP contribution in [0.1, 0.15) is 5.69 Å². The van der Waals surface area contributed by atoms with Gasteiger partial charge in [0.05, 0.1) is 11.0 Å². The maximum absolute atomic E-state index is 5.81. The van der Waals surface area contributed by atoms with E-state index >= 15 is 0 Å². The lowest BCUT2D eigenvalue weighted by molar-refractivity contribution is 0.966. The lowest BCUT2D eigenvalue weighted by Crippen LogP contribution is -2.36. The Labute approximate surface area is 68.8 Å². The SMILES string of the molecule is Cc1n[nH]c2c1=CNC(Cl)C=2. The number of nitrogens with one attached hydrogen (secondary N) is 2. The summed E-state index contributed by atoms with van der Waals surface area (Å²) in [6.07, 6.45) is 3.78. The molecular formula is C7H8ClN3. The Bertz CT molecular complexity index is 379. The highest BCUT2D eigenvalue weighted by atomic mass is 35.5. The summed E-state index contributed by atoms with van der Waals surface area (Å²) >= 11 is 5.81. The normalized spacial score (nSPS) is 21.1. The van der Waals surface area contributed by atoms with E-state index in [0.29, 0.717) is 0 Å². The van der Waals surface area contributed by atoms with E-state index in [1.54, 1.807) is 0 Å². The Morgan fingerprint density at radius 2 is 2.45 bits per heavy atom. The third kappa shape index (κ3) is 1.01. The summed E-state index contributed by atoms with van der Waals surface area (Å²) in [4.78, 5) is 0. The number of aromatic nitrogens is 2. The van der Waals surface area contributed by atoms with Crippen LogP contribution < -0.4 is 15.9 Å². The van der Waals surface area contributed by atoms with Crippen LogP contribution in [-0.4, -0.2) is 15.7 Å². The van der Waals surface area contributed by atoms with E-state index < -0.39 is 0 Å². The summed E-state index contributed by atoms with van der Waals surface area (Å²) < 4.78 is 0. The van der Waals surface area contributed by atoms with Gasteiger partial charge in [-0.25, -0.2) is 0 Å². The summed E-state index contributed by atoms with van der Waals surface area (Å²) in [5, 5.41) is 12.0. The first-order valence-corrected chi connectivity index (χ1v) is 3.84. The van der Waals surface area contributed by atoms with Gasteiger partial charge in [0.1, 0.15) is 5.50 Å². The largest absolute Gasteiger partial charge is 0.371 e. The van der Waals surface area contributed by atoms with Gasteiger partial charge in [0.15, 0.2) is 0 Å². The Morgan fingerprint density at radius 1 is 1.64 bits per heavy atom. The smallest absolute Gasteiger partial charge is 0.122 e. The van der Waals surface area contributed by atoms with E-state index in [2.05, 4.69) is 15.5 Å². The fourth-order valence-electron chi connectivity index (χ4n) is 1.13. The molecular weight excluding hydrogens is 162 g/mol. The summed E-state index contributed by atoms with van der Waals surface area (Å²) in [6.45, 7) is 1.95. The molecule has 0 aromatic carbocycles. The van der Waals surface area contributed by atoms with Crippen molar-refractivity contribution < 1.29 is 0 Å². The van der Waals surface area contributed by atoms with Crippen molar-refractivity contribution >= 4 is 23.9 Å². The number of halogens is 1. The van der Waals surface area contributed by atoms with Crippen LogP contribution in [0.5, 0.6) is 0 Å². The Morgan fingerprint density at radius 3 is 3.27 bits per heavy atom. The number of alkyl halides is 1. The van der Waals surface area contributed by atoms with Crippen molar-refractivity contribution in [2.24, 2.45) is 0 Å². The first kappa shape index (κ1) is 6.73. The molecule has 58 valence electrons. The van der Waals surface area contributed by atoms with E-state index in [9.17, 15) is 0 Å². The third-order valence-corrected chi connectivity index (χ3v) is 1.98. The van der Waals surface area contributed by atoms with Gasteiger partial charge in [-0.3, -0.25) is 5.10 Å². The first-order valence-electron chi connectivity index (χ1n) is 3.40. The number of nitrogens with zero attached hydrogens (tertiary/aromatic N) is 1. The van der Waals surface area contributed by atoms with Crippen molar-refractivity contribution in [3.63, 3.8) is 0 Å². The lowest BCUT2D eigenvalue weighted by atomic mass is 10.3. The molecule has 0 radical (unpaired) electrons. The maximum atomic E-state index is 5.81. The lowest BCUT2D eigenvalue weighted by Gasteiger charge is -2.05. The monoisotopic (exact) mass is 169 g/mol. The maximum Gasteiger partial charge on any atom is 0.122 e. The highest BCUT2D eigenvalue weighted by molar-refractivity contribution is 6.23. The molecule has 2 rings (SSSR count). The predicted octanol–water partition coefficient (Wildman–Crippen LogP) is -0.595. The van der Waals surface area contributed by atoms with Crippen LogP contribution in [0.2, 0.25) is 0 Å². The Kier molecular flexibility index (Phi) is 1.39. The average molecular weight is 170 g/mol. The summed E-state index contributed by atoms with van der Waals surface area (Å²) in [7, 11) is 0. The van der Waals surface area contributed by atoms with Crippen LogP contribution in [0.4, 0.5) is 0 Å². The fraction of sp³-hybridized carbons (Fsp3) is 0.286. The Hall–Kier alpha value is -0.960. The molecule has 1 aliphatic rings. The zero-order valence-electron chi connectivity index (χ0n) is 6.06. The van der Waals surface area contributed by atoms with E-state index in [1.165, 1.54) is 0 Å². The van der Waals surface area contributed by atoms with Gasteiger partial charge in [-0.2, -0.15) is 5.10 Å². The van der Waals surface area contributed by atoms with E-state index in [0.717, 1.165) is 16.3 Å². The number of H-pyrrole nitrogens is 1. The number of aryl methyl sites for hydroxylation is 1. The molecule has 0 fully saturated rings. The molecule has 1 unspecified atom stereocenters. The summed E-state index contributed by atoms with van der Waals surface area (Å²) in [5.74, 6) is 0. The molecule has 4 heteroatoms. The van der Waals surface area contributed by atoms with Gasteiger partial charge in [0.25, 0.3) is 0 Å². The van der Waals surface area contributed by atoms with Crippen molar-refractivity contribution in [3.8, 4) is 0 Å². The molecule has 2 heterocycles. The second-order valence-electron chi connectivity index (χ2n) is 2.52. The zero-order valence-corrected chi connectivity index (χ0v) is 6.81. The molecule has 0 amide bonds. The van der Waals surface area contributed by atoms with Crippen molar-refractivity contribution in [3.05, 3.63) is 16.3 Å². The molecule has 1 atom stereocenters. The van der Waals surface area contributed by atoms with Gasteiger partial charge in [-0.05, 0) is 13.0 Å². The van der Waals surface area contributed by atoms with Crippen LogP contribution >= 0.6 is 11.6 Å². The number of hydrogen-bond acceptors (Lipinski definition) is 2. The van der Waals surface area contributed by atoms with Crippen LogP contribution in [0, 0.1) is 6.92 Å². The summed E-state index contributed by atoms with van der Waals surface area (Å²) in [6, 6.07) is 0. The second-order valence-corrected chi connectivity index (χ2v) is 2.99. The molecule has 1 aliphatic heterocycles. The van der Waals surface area contributed by atoms with Crippen LogP contribution in [-0.2, 0) is 0 Å². The third-order valence-electron chi connectivity index (χ3n) is 1.72. The number of aromatic amines is 1. The fourth-order valence-corrected chi connectivity index (χ4v) is 1.32. The topological polar surface area (TPSA) is 40.7 Å². The quantitative estimate of drug-likeness (QED) is 0.403. The van der Waals surface area contributed by atoms with E-state index in [-0.39, 0.29) is 5.50 Å². The Balaban J connectivity index is 2.76. The molecule has 0 saturated heterocycles. The minimum atomic E-state index is -0.123. The van der Waals surface area contributed by atoms with Gasteiger partial charge < -0.3 is 5.32 Å². The minimum absolute atomic E-state index is 0.123. The molecule has 1 aromatic heterocycles. The molecule has 2 N–H and O–H groups in total. The molecule has 0 bridgehead atoms. The van der Waals surface area contributed by atoms with Gasteiger partial charge in [-0.15, -0.1) is 0 Å². The van der Waals surface area contributed by atoms with Crippen molar-refractivity contribution in [2.45, 2.75) is 12.4 Å². The van der Waals surface area contributed by atoms with E-state index in [4.69, 9.17) is 11.6 Å². The van der Waals surface area contributed by atoms with Crippen molar-refractivity contribution in [2.75, 3.05) is 0 Å². The highest BCUT2D eigenvalue weighted by Crippen LogP contribution is 1.93. The summed E-state index contributed by atoms with van der Waals surface area (Å²) in [5.41, 5.74) is 0.870. The molecule has 0 aliphatic carbocycles. The molecule has 0 spiro atoms. The zero-order chi connectivity index (χ0) is 7.84. The van der Waals surface area contributed by atoms with Crippen molar-refractivity contribution in [1.29, 1.82) is 0 Å². The second kappa shape index (κ2) is 2.27. The number of fused-ring (bicyclic) bond motifs is 1. The van der Waals surface area contributed by atoms with Gasteiger partial charge in [0.2, 0.25) is 0 Å². The van der Waals surface area contributed by atoms with Crippen LogP contribution in [0.15, 0.2) is 0 Å². The standard InChI is InChI=1S/C7H8ClN3/c1-4-5-3-9-7(8)2-6(5)11-10-4/h2-3,7,9,11H,1H3. The van der Waals surface area contributed by atoms with Crippen LogP contribution in [0.3, 0.4) is 0 Å². The minimum Gasteiger partial charge on any atom is -0.371 e. The molecule has 3 nitrogen and oxygen atoms in total. The van der Waals surface area contributed by atoms with Gasteiger partial charge in [0, 0.05) is 11.4 Å². The number of rotatable bonds is 0. The highest BCUT2D eigenvalue weighted by Gasteiger charge is 2.04. The van der Waals surface area contributed by atoms with Gasteiger partial charge in [-0.1, -0.05) is 11.6 Å². The van der Waals surface area contributed by atoms with E-state index in [1.807, 2.05) is 19.2 Å². The van der Waals surface area contributed by atoms with Crippen molar-refractivity contribution in [1.82, 2.24) is 15.5 Å². The number of hydrogen-bond donors (Lipinski definition) is 2. The van der Waals surface area contributed by atoms with Crippen LogP contribution in [0.25, 0.3) is 12.3 Å². The first-order chi connectivity index (χ1) is 5.27. The average Bonchev–Trinajstić information content (AvgIpc) is 2.32. The molecule has 0 saturated carbocycles.